The van der Waals surface area contributed by atoms with E-state index in [2.05, 4.69) is 39.8 Å². The number of anilines is 1. The minimum absolute atomic E-state index is 0.214. The Morgan fingerprint density at radius 3 is 2.69 bits per heavy atom. The van der Waals surface area contributed by atoms with Gasteiger partial charge < -0.3 is 10.1 Å². The third kappa shape index (κ3) is 5.09. The van der Waals surface area contributed by atoms with Crippen molar-refractivity contribution in [1.82, 2.24) is 25.1 Å². The molecule has 0 saturated carbocycles. The third-order valence-electron chi connectivity index (χ3n) is 4.44. The van der Waals surface area contributed by atoms with Gasteiger partial charge in [-0.15, -0.1) is 10.2 Å². The highest BCUT2D eigenvalue weighted by Crippen LogP contribution is 2.26. The summed E-state index contributed by atoms with van der Waals surface area (Å²) >= 11 is 6.77. The van der Waals surface area contributed by atoms with Crippen LogP contribution in [0.4, 0.5) is 5.69 Å². The molecule has 8 nitrogen and oxygen atoms in total. The average Bonchev–Trinajstić information content (AvgIpc) is 3.35. The molecular weight excluding hydrogens is 444 g/mol. The van der Waals surface area contributed by atoms with Crippen LogP contribution in [0.15, 0.2) is 48.5 Å². The number of amides is 1. The Bertz CT molecular complexity index is 1260. The maximum absolute atomic E-state index is 12.5. The van der Waals surface area contributed by atoms with Crippen molar-refractivity contribution in [1.29, 1.82) is 0 Å². The summed E-state index contributed by atoms with van der Waals surface area (Å²) in [6.07, 6.45) is 0. The number of hydrogen-bond donors (Lipinski definition) is 2. The Morgan fingerprint density at radius 1 is 1.19 bits per heavy atom. The van der Waals surface area contributed by atoms with Crippen LogP contribution in [-0.2, 0) is 0 Å². The number of benzene rings is 2. The van der Waals surface area contributed by atoms with Gasteiger partial charge in [-0.1, -0.05) is 31.3 Å². The van der Waals surface area contributed by atoms with Crippen LogP contribution in [0, 0.1) is 12.8 Å². The van der Waals surface area contributed by atoms with Gasteiger partial charge in [0.25, 0.3) is 5.91 Å². The average molecular weight is 467 g/mol. The third-order valence-corrected chi connectivity index (χ3v) is 5.60. The molecule has 0 fully saturated rings. The molecule has 10 heteroatoms. The van der Waals surface area contributed by atoms with E-state index in [1.807, 2.05) is 37.3 Å². The summed E-state index contributed by atoms with van der Waals surface area (Å²) in [6.45, 7) is 6.59. The minimum Gasteiger partial charge on any atom is -0.493 e. The maximum Gasteiger partial charge on any atom is 0.257 e. The zero-order valence-corrected chi connectivity index (χ0v) is 19.5. The van der Waals surface area contributed by atoms with E-state index in [4.69, 9.17) is 17.0 Å². The van der Waals surface area contributed by atoms with E-state index in [0.29, 0.717) is 23.8 Å². The summed E-state index contributed by atoms with van der Waals surface area (Å²) in [5, 5.41) is 19.4. The smallest absolute Gasteiger partial charge is 0.257 e. The molecule has 1 amide bonds. The number of nitrogens with one attached hydrogen (secondary N) is 2. The van der Waals surface area contributed by atoms with E-state index in [1.165, 1.54) is 11.3 Å². The number of ether oxygens (including phenoxy) is 1. The summed E-state index contributed by atoms with van der Waals surface area (Å²) in [7, 11) is 0. The van der Waals surface area contributed by atoms with Gasteiger partial charge in [0, 0.05) is 16.8 Å². The highest BCUT2D eigenvalue weighted by atomic mass is 32.1. The van der Waals surface area contributed by atoms with E-state index >= 15 is 0 Å². The van der Waals surface area contributed by atoms with Crippen molar-refractivity contribution in [2.45, 2.75) is 20.8 Å². The zero-order chi connectivity index (χ0) is 22.7. The largest absolute Gasteiger partial charge is 0.493 e. The molecule has 0 atom stereocenters. The summed E-state index contributed by atoms with van der Waals surface area (Å²) in [5.74, 6) is 1.50. The number of aromatic nitrogens is 4. The molecule has 4 rings (SSSR count). The number of thiocarbonyl (C=S) groups is 1. The van der Waals surface area contributed by atoms with Crippen LogP contribution in [0.5, 0.6) is 5.75 Å². The lowest BCUT2D eigenvalue weighted by molar-refractivity contribution is 0.0977. The lowest BCUT2D eigenvalue weighted by Crippen LogP contribution is -2.34. The van der Waals surface area contributed by atoms with Crippen LogP contribution in [0.1, 0.15) is 30.0 Å². The van der Waals surface area contributed by atoms with Gasteiger partial charge in [0.05, 0.1) is 6.61 Å². The lowest BCUT2D eigenvalue weighted by atomic mass is 10.2. The number of hydrogen-bond acceptors (Lipinski definition) is 7. The molecular formula is C22H22N6O2S2. The van der Waals surface area contributed by atoms with Gasteiger partial charge in [-0.3, -0.25) is 10.1 Å². The Kier molecular flexibility index (Phi) is 6.42. The zero-order valence-electron chi connectivity index (χ0n) is 17.8. The second-order valence-corrected chi connectivity index (χ2v) is 8.93. The maximum atomic E-state index is 12.5. The molecule has 0 aliphatic rings. The molecule has 2 aromatic heterocycles. The van der Waals surface area contributed by atoms with E-state index in [1.54, 1.807) is 22.7 Å². The van der Waals surface area contributed by atoms with Crippen molar-refractivity contribution >= 4 is 45.2 Å². The van der Waals surface area contributed by atoms with Crippen LogP contribution in [0.3, 0.4) is 0 Å². The van der Waals surface area contributed by atoms with Gasteiger partial charge in [0.2, 0.25) is 4.96 Å². The van der Waals surface area contributed by atoms with Crippen molar-refractivity contribution < 1.29 is 9.53 Å². The fourth-order valence-corrected chi connectivity index (χ4v) is 3.96. The topological polar surface area (TPSA) is 93.4 Å². The van der Waals surface area contributed by atoms with Crippen molar-refractivity contribution in [3.8, 4) is 16.3 Å². The molecule has 2 aromatic carbocycles. The van der Waals surface area contributed by atoms with E-state index in [0.717, 1.165) is 27.0 Å². The summed E-state index contributed by atoms with van der Waals surface area (Å²) in [6, 6.07) is 14.7. The first kappa shape index (κ1) is 21.8. The molecule has 0 aliphatic heterocycles. The Hall–Kier alpha value is -3.37. The Balaban J connectivity index is 1.36. The molecule has 0 radical (unpaired) electrons. The highest BCUT2D eigenvalue weighted by molar-refractivity contribution is 7.80. The SMILES string of the molecule is Cc1nnc2sc(-c3ccc(NC(=S)NC(=O)c4cccc(OCC(C)C)c4)cc3)nn12. The monoisotopic (exact) mass is 466 g/mol. The molecule has 4 aromatic rings. The van der Waals surface area contributed by atoms with Gasteiger partial charge >= 0.3 is 0 Å². The van der Waals surface area contributed by atoms with Crippen molar-refractivity contribution in [2.24, 2.45) is 5.92 Å². The first-order valence-corrected chi connectivity index (χ1v) is 11.3. The van der Waals surface area contributed by atoms with Crippen LogP contribution in [0.2, 0.25) is 0 Å². The minimum atomic E-state index is -0.302. The number of carbonyl (C=O) groups is 1. The molecule has 0 saturated heterocycles. The van der Waals surface area contributed by atoms with Crippen LogP contribution >= 0.6 is 23.6 Å². The lowest BCUT2D eigenvalue weighted by Gasteiger charge is -2.12. The fraction of sp³-hybridized carbons (Fsp3) is 0.227. The van der Waals surface area contributed by atoms with Crippen LogP contribution < -0.4 is 15.4 Å². The van der Waals surface area contributed by atoms with Crippen molar-refractivity contribution in [3.63, 3.8) is 0 Å². The predicted octanol–water partition coefficient (Wildman–Crippen LogP) is 4.32. The van der Waals surface area contributed by atoms with Gasteiger partial charge in [-0.25, -0.2) is 0 Å². The molecule has 2 N–H and O–H groups in total. The predicted molar refractivity (Wildman–Crippen MR) is 129 cm³/mol. The van der Waals surface area contributed by atoms with E-state index < -0.39 is 0 Å². The van der Waals surface area contributed by atoms with E-state index in [-0.39, 0.29) is 11.0 Å². The number of rotatable bonds is 6. The first-order valence-electron chi connectivity index (χ1n) is 10.0. The van der Waals surface area contributed by atoms with Crippen LogP contribution in [-0.4, -0.2) is 37.4 Å². The van der Waals surface area contributed by atoms with Crippen LogP contribution in [0.25, 0.3) is 15.5 Å². The molecule has 0 aliphatic carbocycles. The Labute approximate surface area is 194 Å². The molecule has 32 heavy (non-hydrogen) atoms. The quantitative estimate of drug-likeness (QED) is 0.409. The van der Waals surface area contributed by atoms with E-state index in [9.17, 15) is 4.79 Å². The first-order chi connectivity index (χ1) is 15.4. The van der Waals surface area contributed by atoms with Crippen molar-refractivity contribution in [2.75, 3.05) is 11.9 Å². The molecule has 0 spiro atoms. The molecule has 164 valence electrons. The highest BCUT2D eigenvalue weighted by Gasteiger charge is 2.12. The van der Waals surface area contributed by atoms with Gasteiger partial charge in [0.1, 0.15) is 10.8 Å². The second kappa shape index (κ2) is 9.41. The van der Waals surface area contributed by atoms with Crippen molar-refractivity contribution in [3.05, 3.63) is 59.9 Å². The normalized spacial score (nSPS) is 11.0. The number of nitrogens with zero attached hydrogens (tertiary/aromatic N) is 4. The second-order valence-electron chi connectivity index (χ2n) is 7.57. The summed E-state index contributed by atoms with van der Waals surface area (Å²) in [4.78, 5) is 13.3. The Morgan fingerprint density at radius 2 is 1.97 bits per heavy atom. The summed E-state index contributed by atoms with van der Waals surface area (Å²) in [5.41, 5.74) is 2.19. The standard InChI is InChI=1S/C22H22N6O2S2/c1-13(2)12-30-18-6-4-5-16(11-18)19(29)24-21(31)23-17-9-7-15(8-10-17)20-27-28-14(3)25-26-22(28)32-20/h4-11,13H,12H2,1-3H3,(H2,23,24,29,31). The molecule has 2 heterocycles. The number of fused-ring (bicyclic) bond motifs is 1. The summed E-state index contributed by atoms with van der Waals surface area (Å²) < 4.78 is 7.41. The number of carbonyl (C=O) groups excluding carboxylic acids is 1. The molecule has 0 bridgehead atoms. The molecule has 0 unspecified atom stereocenters. The van der Waals surface area contributed by atoms with Gasteiger partial charge in [0.15, 0.2) is 10.9 Å². The number of aryl methyl sites for hydroxylation is 1. The van der Waals surface area contributed by atoms with Gasteiger partial charge in [-0.2, -0.15) is 9.61 Å². The van der Waals surface area contributed by atoms with Gasteiger partial charge in [-0.05, 0) is 67.5 Å². The fourth-order valence-electron chi connectivity index (χ4n) is 2.86.